The van der Waals surface area contributed by atoms with Crippen LogP contribution >= 0.6 is 0 Å². The second-order valence-electron chi connectivity index (χ2n) is 6.82. The van der Waals surface area contributed by atoms with Crippen LogP contribution in [0.5, 0.6) is 0 Å². The van der Waals surface area contributed by atoms with Crippen LogP contribution < -0.4 is 5.32 Å². The Morgan fingerprint density at radius 2 is 1.81 bits per heavy atom. The number of hydrogen-bond acceptors (Lipinski definition) is 4. The van der Waals surface area contributed by atoms with Gasteiger partial charge in [0.05, 0.1) is 13.2 Å². The number of esters is 1. The summed E-state index contributed by atoms with van der Waals surface area (Å²) in [4.78, 5) is 25.8. The van der Waals surface area contributed by atoms with E-state index in [0.29, 0.717) is 19.2 Å². The normalized spacial score (nSPS) is 15.8. The summed E-state index contributed by atoms with van der Waals surface area (Å²) in [6.45, 7) is 2.55. The van der Waals surface area contributed by atoms with Gasteiger partial charge in [0.2, 0.25) is 5.91 Å². The number of carbonyl (C=O) groups is 2. The van der Waals surface area contributed by atoms with Crippen LogP contribution in [0.1, 0.15) is 51.0 Å². The number of likely N-dealkylation sites (N-methyl/N-ethyl adjacent to an activating group) is 1. The summed E-state index contributed by atoms with van der Waals surface area (Å²) >= 11 is 0. The lowest BCUT2D eigenvalue weighted by Crippen LogP contribution is -2.37. The van der Waals surface area contributed by atoms with Crippen LogP contribution in [0.25, 0.3) is 6.08 Å². The van der Waals surface area contributed by atoms with E-state index in [0.717, 1.165) is 11.3 Å². The molecule has 0 unspecified atom stereocenters. The Labute approximate surface area is 156 Å². The summed E-state index contributed by atoms with van der Waals surface area (Å²) in [7, 11) is 2.04. The fraction of sp³-hybridized carbons (Fsp3) is 0.524. The molecule has 0 bridgehead atoms. The van der Waals surface area contributed by atoms with E-state index in [-0.39, 0.29) is 11.9 Å². The Morgan fingerprint density at radius 1 is 1.15 bits per heavy atom. The van der Waals surface area contributed by atoms with Crippen molar-refractivity contribution in [3.05, 3.63) is 35.9 Å². The van der Waals surface area contributed by atoms with Crippen LogP contribution in [0, 0.1) is 0 Å². The quantitative estimate of drug-likeness (QED) is 0.457. The van der Waals surface area contributed by atoms with Crippen molar-refractivity contribution in [1.29, 1.82) is 0 Å². The molecular formula is C21H30N2O3. The summed E-state index contributed by atoms with van der Waals surface area (Å²) in [5.74, 6) is -0.349. The van der Waals surface area contributed by atoms with Gasteiger partial charge >= 0.3 is 5.97 Å². The van der Waals surface area contributed by atoms with Crippen LogP contribution in [0.3, 0.4) is 0 Å². The van der Waals surface area contributed by atoms with Crippen LogP contribution in [-0.2, 0) is 14.3 Å². The zero-order valence-electron chi connectivity index (χ0n) is 15.9. The van der Waals surface area contributed by atoms with Crippen molar-refractivity contribution in [2.75, 3.05) is 25.5 Å². The van der Waals surface area contributed by atoms with Gasteiger partial charge in [-0.2, -0.15) is 0 Å². The van der Waals surface area contributed by atoms with Crippen molar-refractivity contribution in [2.45, 2.75) is 51.5 Å². The molecule has 1 aliphatic carbocycles. The molecule has 1 N–H and O–H groups in total. The molecule has 2 rings (SSSR count). The number of rotatable bonds is 7. The lowest BCUT2D eigenvalue weighted by Gasteiger charge is -2.26. The third kappa shape index (κ3) is 7.00. The van der Waals surface area contributed by atoms with Gasteiger partial charge in [0, 0.05) is 17.8 Å². The molecule has 5 heteroatoms. The molecular weight excluding hydrogens is 328 g/mol. The first-order valence-corrected chi connectivity index (χ1v) is 9.53. The van der Waals surface area contributed by atoms with Crippen molar-refractivity contribution >= 4 is 23.6 Å². The van der Waals surface area contributed by atoms with E-state index in [2.05, 4.69) is 10.2 Å². The summed E-state index contributed by atoms with van der Waals surface area (Å²) in [6.07, 6.45) is 10.6. The predicted molar refractivity (Wildman–Crippen MR) is 105 cm³/mol. The molecule has 0 radical (unpaired) electrons. The number of amides is 1. The molecule has 0 heterocycles. The van der Waals surface area contributed by atoms with Crippen LogP contribution in [0.15, 0.2) is 30.3 Å². The van der Waals surface area contributed by atoms with E-state index in [9.17, 15) is 9.59 Å². The van der Waals surface area contributed by atoms with E-state index in [4.69, 9.17) is 4.74 Å². The summed E-state index contributed by atoms with van der Waals surface area (Å²) in [5.41, 5.74) is 1.64. The van der Waals surface area contributed by atoms with Gasteiger partial charge in [0.1, 0.15) is 0 Å². The van der Waals surface area contributed by atoms with E-state index in [1.165, 1.54) is 44.6 Å². The summed E-state index contributed by atoms with van der Waals surface area (Å²) < 4.78 is 4.85. The molecule has 0 aromatic heterocycles. The molecule has 1 aromatic rings. The van der Waals surface area contributed by atoms with E-state index >= 15 is 0 Å². The summed E-state index contributed by atoms with van der Waals surface area (Å²) in [6, 6.07) is 7.92. The van der Waals surface area contributed by atoms with Crippen molar-refractivity contribution in [3.8, 4) is 0 Å². The molecule has 1 saturated carbocycles. The SMILES string of the molecule is CCOC(=O)/C=C/c1ccc(NC(=O)CN(C)C2CCCCCC2)cc1. The fourth-order valence-electron chi connectivity index (χ4n) is 3.29. The number of carbonyl (C=O) groups excluding carboxylic acids is 2. The van der Waals surface area contributed by atoms with Gasteiger partial charge in [-0.05, 0) is 50.6 Å². The maximum atomic E-state index is 12.3. The summed E-state index contributed by atoms with van der Waals surface area (Å²) in [5, 5.41) is 2.94. The average Bonchev–Trinajstić information content (AvgIpc) is 2.91. The molecule has 0 atom stereocenters. The molecule has 1 aromatic carbocycles. The third-order valence-electron chi connectivity index (χ3n) is 4.73. The molecule has 0 aliphatic heterocycles. The molecule has 26 heavy (non-hydrogen) atoms. The lowest BCUT2D eigenvalue weighted by molar-refractivity contribution is -0.137. The van der Waals surface area contributed by atoms with Gasteiger partial charge < -0.3 is 10.1 Å². The molecule has 0 saturated heterocycles. The van der Waals surface area contributed by atoms with Gasteiger partial charge in [-0.1, -0.05) is 37.8 Å². The Kier molecular flexibility index (Phi) is 8.35. The number of anilines is 1. The molecule has 142 valence electrons. The topological polar surface area (TPSA) is 58.6 Å². The number of benzene rings is 1. The van der Waals surface area contributed by atoms with Gasteiger partial charge in [-0.15, -0.1) is 0 Å². The van der Waals surface area contributed by atoms with Crippen molar-refractivity contribution in [3.63, 3.8) is 0 Å². The fourth-order valence-corrected chi connectivity index (χ4v) is 3.29. The molecule has 1 amide bonds. The van der Waals surface area contributed by atoms with Gasteiger partial charge in [-0.25, -0.2) is 4.79 Å². The highest BCUT2D eigenvalue weighted by atomic mass is 16.5. The average molecular weight is 358 g/mol. The highest BCUT2D eigenvalue weighted by Crippen LogP contribution is 2.21. The monoisotopic (exact) mass is 358 g/mol. The van der Waals surface area contributed by atoms with Crippen molar-refractivity contribution in [1.82, 2.24) is 4.90 Å². The first-order valence-electron chi connectivity index (χ1n) is 9.53. The lowest BCUT2D eigenvalue weighted by atomic mass is 10.1. The Balaban J connectivity index is 1.82. The smallest absolute Gasteiger partial charge is 0.330 e. The number of nitrogens with zero attached hydrogens (tertiary/aromatic N) is 1. The predicted octanol–water partition coefficient (Wildman–Crippen LogP) is 3.86. The number of ether oxygens (including phenoxy) is 1. The van der Waals surface area contributed by atoms with E-state index in [1.54, 1.807) is 13.0 Å². The van der Waals surface area contributed by atoms with Crippen LogP contribution in [-0.4, -0.2) is 43.0 Å². The standard InChI is InChI=1S/C21H30N2O3/c1-3-26-21(25)15-12-17-10-13-18(14-11-17)22-20(24)16-23(2)19-8-6-4-5-7-9-19/h10-15,19H,3-9,16H2,1-2H3,(H,22,24)/b15-12+. The minimum Gasteiger partial charge on any atom is -0.463 e. The van der Waals surface area contributed by atoms with Crippen LogP contribution in [0.4, 0.5) is 5.69 Å². The van der Waals surface area contributed by atoms with Crippen molar-refractivity contribution < 1.29 is 14.3 Å². The highest BCUT2D eigenvalue weighted by molar-refractivity contribution is 5.92. The molecule has 0 spiro atoms. The van der Waals surface area contributed by atoms with Gasteiger partial charge in [-0.3, -0.25) is 9.69 Å². The molecule has 1 aliphatic rings. The Hall–Kier alpha value is -2.14. The first kappa shape index (κ1) is 20.2. The van der Waals surface area contributed by atoms with Crippen LogP contribution in [0.2, 0.25) is 0 Å². The Morgan fingerprint density at radius 3 is 2.42 bits per heavy atom. The third-order valence-corrected chi connectivity index (χ3v) is 4.73. The second-order valence-corrected chi connectivity index (χ2v) is 6.82. The number of hydrogen-bond donors (Lipinski definition) is 1. The maximum Gasteiger partial charge on any atom is 0.330 e. The molecule has 5 nitrogen and oxygen atoms in total. The highest BCUT2D eigenvalue weighted by Gasteiger charge is 2.18. The second kappa shape index (κ2) is 10.8. The zero-order chi connectivity index (χ0) is 18.8. The maximum absolute atomic E-state index is 12.3. The minimum atomic E-state index is -0.355. The zero-order valence-corrected chi connectivity index (χ0v) is 15.9. The van der Waals surface area contributed by atoms with E-state index in [1.807, 2.05) is 31.3 Å². The number of nitrogens with one attached hydrogen (secondary N) is 1. The van der Waals surface area contributed by atoms with Gasteiger partial charge in [0.25, 0.3) is 0 Å². The van der Waals surface area contributed by atoms with Crippen molar-refractivity contribution in [2.24, 2.45) is 0 Å². The first-order chi connectivity index (χ1) is 12.6. The van der Waals surface area contributed by atoms with Gasteiger partial charge in [0.15, 0.2) is 0 Å². The van der Waals surface area contributed by atoms with E-state index < -0.39 is 0 Å². The molecule has 1 fully saturated rings. The minimum absolute atomic E-state index is 0.00608. The Bertz CT molecular complexity index is 602. The largest absolute Gasteiger partial charge is 0.463 e.